The van der Waals surface area contributed by atoms with Crippen LogP contribution in [0.5, 0.6) is 11.6 Å². The lowest BCUT2D eigenvalue weighted by Crippen LogP contribution is -2.24. The molecule has 0 aliphatic heterocycles. The van der Waals surface area contributed by atoms with Crippen LogP contribution in [0.4, 0.5) is 11.5 Å². The van der Waals surface area contributed by atoms with E-state index in [1.54, 1.807) is 37.0 Å². The van der Waals surface area contributed by atoms with E-state index in [4.69, 9.17) is 4.74 Å². The van der Waals surface area contributed by atoms with Crippen LogP contribution in [0.15, 0.2) is 61.4 Å². The normalized spacial score (nSPS) is 11.7. The van der Waals surface area contributed by atoms with Gasteiger partial charge in [0.2, 0.25) is 5.88 Å². The van der Waals surface area contributed by atoms with Gasteiger partial charge in [-0.3, -0.25) is 9.20 Å². The first-order valence-corrected chi connectivity index (χ1v) is 11.4. The molecule has 0 spiro atoms. The molecule has 2 N–H and O–H groups in total. The first kappa shape index (κ1) is 23.3. The number of carbonyl (C=O) groups is 1. The Morgan fingerprint density at radius 1 is 1.08 bits per heavy atom. The van der Waals surface area contributed by atoms with Crippen molar-refractivity contribution >= 4 is 33.8 Å². The fraction of sp³-hybridized carbons (Fsp3) is 0.231. The van der Waals surface area contributed by atoms with E-state index in [2.05, 4.69) is 30.5 Å². The van der Waals surface area contributed by atoms with Crippen molar-refractivity contribution in [3.05, 3.63) is 72.6 Å². The van der Waals surface area contributed by atoms with E-state index >= 15 is 0 Å². The van der Waals surface area contributed by atoms with Crippen molar-refractivity contribution in [2.24, 2.45) is 0 Å². The van der Waals surface area contributed by atoms with Crippen molar-refractivity contribution < 1.29 is 14.6 Å². The number of ether oxygens (including phenoxy) is 1. The van der Waals surface area contributed by atoms with Gasteiger partial charge >= 0.3 is 0 Å². The summed E-state index contributed by atoms with van der Waals surface area (Å²) in [6.07, 6.45) is 5.00. The number of hydrogen-bond acceptors (Lipinski definition) is 9. The Morgan fingerprint density at radius 2 is 1.94 bits per heavy atom. The smallest absolute Gasteiger partial charge is 0.224 e. The number of Topliss-reactive ketones (excluding diaryl/α,β-unsaturated/α-hetero) is 1. The Hall–Kier alpha value is -4.44. The number of rotatable bonds is 8. The molecular weight excluding hydrogens is 458 g/mol. The first-order valence-electron chi connectivity index (χ1n) is 11.4. The van der Waals surface area contributed by atoms with E-state index < -0.39 is 5.60 Å². The number of benzene rings is 2. The highest BCUT2D eigenvalue weighted by molar-refractivity contribution is 5.92. The molecule has 0 saturated carbocycles. The molecule has 5 rings (SSSR count). The van der Waals surface area contributed by atoms with E-state index in [1.165, 1.54) is 6.33 Å². The van der Waals surface area contributed by atoms with Crippen molar-refractivity contribution in [2.45, 2.75) is 39.2 Å². The molecule has 3 heterocycles. The lowest BCUT2D eigenvalue weighted by molar-refractivity contribution is -0.122. The van der Waals surface area contributed by atoms with Gasteiger partial charge in [-0.2, -0.15) is 0 Å². The second kappa shape index (κ2) is 9.31. The second-order valence-corrected chi connectivity index (χ2v) is 9.31. The van der Waals surface area contributed by atoms with Crippen LogP contribution < -0.4 is 10.1 Å². The van der Waals surface area contributed by atoms with Crippen LogP contribution in [-0.4, -0.2) is 46.0 Å². The van der Waals surface area contributed by atoms with E-state index in [1.807, 2.05) is 43.3 Å². The Bertz CT molecular complexity index is 1570. The summed E-state index contributed by atoms with van der Waals surface area (Å²) in [6, 6.07) is 13.1. The van der Waals surface area contributed by atoms with Crippen molar-refractivity contribution in [2.75, 3.05) is 5.32 Å². The molecule has 182 valence electrons. The number of nitrogens with one attached hydrogen (secondary N) is 1. The molecule has 3 aromatic heterocycles. The van der Waals surface area contributed by atoms with Crippen LogP contribution in [0.2, 0.25) is 0 Å². The van der Waals surface area contributed by atoms with Gasteiger partial charge in [-0.25, -0.2) is 15.0 Å². The van der Waals surface area contributed by atoms with Gasteiger partial charge in [-0.05, 0) is 62.2 Å². The predicted octanol–water partition coefficient (Wildman–Crippen LogP) is 4.18. The fourth-order valence-corrected chi connectivity index (χ4v) is 3.94. The Morgan fingerprint density at radius 3 is 2.75 bits per heavy atom. The highest BCUT2D eigenvalue weighted by atomic mass is 16.5. The summed E-state index contributed by atoms with van der Waals surface area (Å²) < 4.78 is 7.66. The number of aromatic nitrogens is 6. The number of ketones is 1. The van der Waals surface area contributed by atoms with Gasteiger partial charge in [-0.15, -0.1) is 10.2 Å². The topological polar surface area (TPSA) is 127 Å². The van der Waals surface area contributed by atoms with Crippen LogP contribution in [0.1, 0.15) is 31.4 Å². The molecule has 0 aliphatic rings. The van der Waals surface area contributed by atoms with Crippen LogP contribution in [0.3, 0.4) is 0 Å². The zero-order valence-corrected chi connectivity index (χ0v) is 20.1. The minimum atomic E-state index is -1.03. The van der Waals surface area contributed by atoms with Gasteiger partial charge < -0.3 is 15.2 Å². The molecule has 0 amide bonds. The minimum Gasteiger partial charge on any atom is -0.439 e. The molecule has 10 nitrogen and oxygen atoms in total. The Kier molecular flexibility index (Phi) is 6.03. The van der Waals surface area contributed by atoms with Gasteiger partial charge in [0.1, 0.15) is 36.3 Å². The number of anilines is 2. The number of nitrogens with zero attached hydrogens (tertiary/aromatic N) is 6. The second-order valence-electron chi connectivity index (χ2n) is 9.31. The molecule has 0 fully saturated rings. The van der Waals surface area contributed by atoms with Crippen molar-refractivity contribution in [3.8, 4) is 11.6 Å². The number of aliphatic hydroxyl groups is 1. The Labute approximate surface area is 207 Å². The van der Waals surface area contributed by atoms with Crippen molar-refractivity contribution in [3.63, 3.8) is 0 Å². The average molecular weight is 484 g/mol. The quantitative estimate of drug-likeness (QED) is 0.334. The highest BCUT2D eigenvalue weighted by Gasteiger charge is 2.18. The summed E-state index contributed by atoms with van der Waals surface area (Å²) in [5.41, 5.74) is 2.94. The summed E-state index contributed by atoms with van der Waals surface area (Å²) in [7, 11) is 0. The molecule has 2 aromatic carbocycles. The fourth-order valence-electron chi connectivity index (χ4n) is 3.94. The van der Waals surface area contributed by atoms with E-state index in [0.717, 1.165) is 27.7 Å². The maximum Gasteiger partial charge on any atom is 0.224 e. The van der Waals surface area contributed by atoms with Gasteiger partial charge in [0.25, 0.3) is 0 Å². The SMILES string of the molecule is Cc1cc(Nc2ncnc3ccc(CC(=O)CC(C)(C)O)cc23)ccc1Oc1cc2nncn2cn1. The van der Waals surface area contributed by atoms with Gasteiger partial charge in [0.15, 0.2) is 5.65 Å². The third kappa shape index (κ3) is 5.28. The van der Waals surface area contributed by atoms with Gasteiger partial charge in [0, 0.05) is 30.0 Å². The lowest BCUT2D eigenvalue weighted by Gasteiger charge is -2.16. The highest BCUT2D eigenvalue weighted by Crippen LogP contribution is 2.30. The maximum atomic E-state index is 12.4. The number of fused-ring (bicyclic) bond motifs is 2. The van der Waals surface area contributed by atoms with Gasteiger partial charge in [-0.1, -0.05) is 6.07 Å². The zero-order chi connectivity index (χ0) is 25.3. The van der Waals surface area contributed by atoms with Crippen molar-refractivity contribution in [1.82, 2.24) is 29.5 Å². The largest absolute Gasteiger partial charge is 0.439 e. The van der Waals surface area contributed by atoms with Crippen molar-refractivity contribution in [1.29, 1.82) is 0 Å². The maximum absolute atomic E-state index is 12.4. The molecular formula is C26H25N7O3. The van der Waals surface area contributed by atoms with Crippen LogP contribution in [-0.2, 0) is 11.2 Å². The third-order valence-electron chi connectivity index (χ3n) is 5.55. The van der Waals surface area contributed by atoms with Crippen LogP contribution >= 0.6 is 0 Å². The summed E-state index contributed by atoms with van der Waals surface area (Å²) in [5.74, 6) is 1.69. The van der Waals surface area contributed by atoms with E-state index in [0.29, 0.717) is 23.1 Å². The molecule has 0 bridgehead atoms. The number of aryl methyl sites for hydroxylation is 1. The van der Waals surface area contributed by atoms with E-state index in [9.17, 15) is 9.90 Å². The summed E-state index contributed by atoms with van der Waals surface area (Å²) >= 11 is 0. The zero-order valence-electron chi connectivity index (χ0n) is 20.1. The molecule has 0 aliphatic carbocycles. The number of hydrogen-bond donors (Lipinski definition) is 2. The predicted molar refractivity (Wildman–Crippen MR) is 134 cm³/mol. The van der Waals surface area contributed by atoms with Crippen LogP contribution in [0, 0.1) is 6.92 Å². The minimum absolute atomic E-state index is 0.0305. The summed E-state index contributed by atoms with van der Waals surface area (Å²) in [4.78, 5) is 25.4. The van der Waals surface area contributed by atoms with Gasteiger partial charge in [0.05, 0.1) is 11.1 Å². The molecule has 0 unspecified atom stereocenters. The monoisotopic (exact) mass is 483 g/mol. The Balaban J connectivity index is 1.36. The first-order chi connectivity index (χ1) is 17.2. The molecule has 5 aromatic rings. The van der Waals surface area contributed by atoms with Crippen LogP contribution in [0.25, 0.3) is 16.6 Å². The third-order valence-corrected chi connectivity index (χ3v) is 5.55. The summed E-state index contributed by atoms with van der Waals surface area (Å²) in [5, 5.41) is 21.9. The molecule has 0 saturated heterocycles. The molecule has 0 radical (unpaired) electrons. The average Bonchev–Trinajstić information content (AvgIpc) is 3.28. The number of carbonyl (C=O) groups excluding carboxylic acids is 1. The van der Waals surface area contributed by atoms with E-state index in [-0.39, 0.29) is 18.6 Å². The lowest BCUT2D eigenvalue weighted by atomic mass is 9.97. The standard InChI is InChI=1S/C26H25N7O3/c1-16-8-18(5-7-22(16)36-24-11-23-32-30-15-33(23)14-29-24)31-25-20-10-17(4-6-21(20)27-13-28-25)9-19(34)12-26(2,3)35/h4-8,10-11,13-15,35H,9,12H2,1-3H3,(H,27,28,31). The molecule has 36 heavy (non-hydrogen) atoms. The molecule has 10 heteroatoms. The molecule has 0 atom stereocenters. The summed E-state index contributed by atoms with van der Waals surface area (Å²) in [6.45, 7) is 5.21.